The topological polar surface area (TPSA) is 26.3 Å². The van der Waals surface area contributed by atoms with Gasteiger partial charge in [-0.15, -0.1) is 0 Å². The molecule has 2 rings (SSSR count). The third-order valence-corrected chi connectivity index (χ3v) is 2.72. The van der Waals surface area contributed by atoms with Crippen LogP contribution in [0.1, 0.15) is 0 Å². The van der Waals surface area contributed by atoms with Crippen LogP contribution in [0.25, 0.3) is 11.1 Å². The average Bonchev–Trinajstić information content (AvgIpc) is 2.40. The zero-order valence-corrected chi connectivity index (χ0v) is 10.9. The van der Waals surface area contributed by atoms with E-state index in [4.69, 9.17) is 27.9 Å². The maximum absolute atomic E-state index is 11.4. The number of hydrogen-bond acceptors (Lipinski definition) is 2. The lowest BCUT2D eigenvalue weighted by Gasteiger charge is -2.10. The fraction of sp³-hybridized carbons (Fsp3) is 0.0714. The summed E-state index contributed by atoms with van der Waals surface area (Å²) in [6.45, 7) is 0. The van der Waals surface area contributed by atoms with Crippen molar-refractivity contribution in [2.75, 3.05) is 0 Å². The summed E-state index contributed by atoms with van der Waals surface area (Å²) in [6.07, 6.45) is 0. The Morgan fingerprint density at radius 1 is 0.944 bits per heavy atom. The fourth-order valence-electron chi connectivity index (χ4n) is 1.56. The van der Waals surface area contributed by atoms with Crippen LogP contribution in [0.5, 0.6) is 5.75 Å². The van der Waals surface area contributed by atoms with Gasteiger partial charge in [0, 0.05) is 5.56 Å². The second kappa shape index (κ2) is 5.89. The molecule has 0 atom stereocenters. The highest BCUT2D eigenvalue weighted by molar-refractivity contribution is 6.53. The Bertz CT molecular complexity index is 539. The predicted molar refractivity (Wildman–Crippen MR) is 73.0 cm³/mol. The van der Waals surface area contributed by atoms with Crippen molar-refractivity contribution >= 4 is 29.2 Å². The number of rotatable bonds is 3. The van der Waals surface area contributed by atoms with E-state index in [0.717, 1.165) is 11.1 Å². The number of ether oxygens (including phenoxy) is 1. The molecule has 0 fully saturated rings. The van der Waals surface area contributed by atoms with E-state index >= 15 is 0 Å². The standard InChI is InChI=1S/C14H10Cl2O2/c15-13(16)14(17)18-12-9-5-4-8-11(12)10-6-2-1-3-7-10/h1-9,13H. The molecule has 92 valence electrons. The molecular weight excluding hydrogens is 271 g/mol. The number of para-hydroxylation sites is 1. The maximum atomic E-state index is 11.4. The molecule has 4 heteroatoms. The summed E-state index contributed by atoms with van der Waals surface area (Å²) >= 11 is 10.9. The van der Waals surface area contributed by atoms with E-state index in [1.54, 1.807) is 12.1 Å². The van der Waals surface area contributed by atoms with Gasteiger partial charge in [-0.05, 0) is 11.6 Å². The molecule has 0 spiro atoms. The quantitative estimate of drug-likeness (QED) is 0.481. The smallest absolute Gasteiger partial charge is 0.344 e. The molecule has 0 amide bonds. The van der Waals surface area contributed by atoms with E-state index in [2.05, 4.69) is 0 Å². The first kappa shape index (κ1) is 12.9. The molecule has 2 aromatic rings. The Kier molecular flexibility index (Phi) is 4.24. The number of hydrogen-bond donors (Lipinski definition) is 0. The van der Waals surface area contributed by atoms with Crippen molar-refractivity contribution in [1.82, 2.24) is 0 Å². The fourth-order valence-corrected chi connectivity index (χ4v) is 1.65. The number of alkyl halides is 2. The summed E-state index contributed by atoms with van der Waals surface area (Å²) in [5, 5.41) is 0. The highest BCUT2D eigenvalue weighted by Gasteiger charge is 2.16. The number of halogens is 2. The zero-order valence-electron chi connectivity index (χ0n) is 9.35. The summed E-state index contributed by atoms with van der Waals surface area (Å²) in [5.41, 5.74) is 1.78. The van der Waals surface area contributed by atoms with E-state index < -0.39 is 10.8 Å². The van der Waals surface area contributed by atoms with Crippen LogP contribution >= 0.6 is 23.2 Å². The number of carbonyl (C=O) groups excluding carboxylic acids is 1. The van der Waals surface area contributed by atoms with Gasteiger partial charge in [0.25, 0.3) is 0 Å². The van der Waals surface area contributed by atoms with Gasteiger partial charge in [-0.3, -0.25) is 0 Å². The molecule has 0 unspecified atom stereocenters. The molecule has 0 aliphatic rings. The van der Waals surface area contributed by atoms with Gasteiger partial charge in [0.15, 0.2) is 0 Å². The highest BCUT2D eigenvalue weighted by atomic mass is 35.5. The predicted octanol–water partition coefficient (Wildman–Crippen LogP) is 4.06. The van der Waals surface area contributed by atoms with Gasteiger partial charge < -0.3 is 4.74 Å². The minimum Gasteiger partial charge on any atom is -0.424 e. The summed E-state index contributed by atoms with van der Waals surface area (Å²) in [7, 11) is 0. The van der Waals surface area contributed by atoms with Gasteiger partial charge in [0.1, 0.15) is 5.75 Å². The van der Waals surface area contributed by atoms with E-state index in [0.29, 0.717) is 5.75 Å². The van der Waals surface area contributed by atoms with Crippen molar-refractivity contribution < 1.29 is 9.53 Å². The maximum Gasteiger partial charge on any atom is 0.344 e. The lowest BCUT2D eigenvalue weighted by Crippen LogP contribution is -2.15. The molecule has 2 aromatic carbocycles. The number of benzene rings is 2. The minimum absolute atomic E-state index is 0.444. The van der Waals surface area contributed by atoms with Crippen molar-refractivity contribution in [1.29, 1.82) is 0 Å². The monoisotopic (exact) mass is 280 g/mol. The van der Waals surface area contributed by atoms with Gasteiger partial charge in [-0.2, -0.15) is 0 Å². The summed E-state index contributed by atoms with van der Waals surface area (Å²) in [5.74, 6) is -0.235. The lowest BCUT2D eigenvalue weighted by atomic mass is 10.1. The van der Waals surface area contributed by atoms with E-state index in [9.17, 15) is 4.79 Å². The van der Waals surface area contributed by atoms with Crippen molar-refractivity contribution in [3.05, 3.63) is 54.6 Å². The van der Waals surface area contributed by atoms with Gasteiger partial charge in [-0.1, -0.05) is 71.7 Å². The molecular formula is C14H10Cl2O2. The molecule has 0 saturated heterocycles. The second-order valence-corrected chi connectivity index (χ2v) is 4.68. The van der Waals surface area contributed by atoms with Crippen LogP contribution in [0.2, 0.25) is 0 Å². The van der Waals surface area contributed by atoms with Gasteiger partial charge >= 0.3 is 5.97 Å². The Hall–Kier alpha value is -1.51. The van der Waals surface area contributed by atoms with Crippen LogP contribution in [0.4, 0.5) is 0 Å². The van der Waals surface area contributed by atoms with Crippen LogP contribution in [0.3, 0.4) is 0 Å². The molecule has 0 aliphatic carbocycles. The van der Waals surface area contributed by atoms with Crippen molar-refractivity contribution in [2.45, 2.75) is 4.84 Å². The van der Waals surface area contributed by atoms with E-state index in [1.807, 2.05) is 42.5 Å². The third kappa shape index (κ3) is 3.03. The van der Waals surface area contributed by atoms with Crippen molar-refractivity contribution in [3.63, 3.8) is 0 Å². The molecule has 0 radical (unpaired) electrons. The van der Waals surface area contributed by atoms with Crippen molar-refractivity contribution in [3.8, 4) is 16.9 Å². The lowest BCUT2D eigenvalue weighted by molar-refractivity contribution is -0.132. The van der Waals surface area contributed by atoms with Crippen LogP contribution in [0.15, 0.2) is 54.6 Å². The second-order valence-electron chi connectivity index (χ2n) is 3.58. The largest absolute Gasteiger partial charge is 0.424 e. The summed E-state index contributed by atoms with van der Waals surface area (Å²) in [6, 6.07) is 16.9. The Morgan fingerprint density at radius 3 is 2.22 bits per heavy atom. The average molecular weight is 281 g/mol. The van der Waals surface area contributed by atoms with Crippen LogP contribution in [-0.2, 0) is 4.79 Å². The van der Waals surface area contributed by atoms with E-state index in [-0.39, 0.29) is 0 Å². The molecule has 0 saturated carbocycles. The molecule has 0 aliphatic heterocycles. The summed E-state index contributed by atoms with van der Waals surface area (Å²) < 4.78 is 5.16. The molecule has 0 N–H and O–H groups in total. The molecule has 2 nitrogen and oxygen atoms in total. The first-order valence-corrected chi connectivity index (χ1v) is 6.20. The number of esters is 1. The van der Waals surface area contributed by atoms with Crippen LogP contribution in [-0.4, -0.2) is 10.8 Å². The van der Waals surface area contributed by atoms with Crippen LogP contribution < -0.4 is 4.74 Å². The molecule has 0 bridgehead atoms. The third-order valence-electron chi connectivity index (χ3n) is 2.36. The minimum atomic E-state index is -1.19. The zero-order chi connectivity index (χ0) is 13.0. The number of carbonyl (C=O) groups is 1. The van der Waals surface area contributed by atoms with E-state index in [1.165, 1.54) is 0 Å². The molecule has 0 heterocycles. The first-order valence-electron chi connectivity index (χ1n) is 5.33. The normalized spacial score (nSPS) is 10.4. The van der Waals surface area contributed by atoms with Crippen molar-refractivity contribution in [2.24, 2.45) is 0 Å². The first-order chi connectivity index (χ1) is 8.68. The Balaban J connectivity index is 2.35. The Morgan fingerprint density at radius 2 is 1.56 bits per heavy atom. The Labute approximate surface area is 115 Å². The highest BCUT2D eigenvalue weighted by Crippen LogP contribution is 2.30. The summed E-state index contributed by atoms with van der Waals surface area (Å²) in [4.78, 5) is 10.2. The molecule has 18 heavy (non-hydrogen) atoms. The van der Waals surface area contributed by atoms with Gasteiger partial charge in [0.05, 0.1) is 0 Å². The van der Waals surface area contributed by atoms with Gasteiger partial charge in [-0.25, -0.2) is 4.79 Å². The molecule has 0 aromatic heterocycles. The van der Waals surface area contributed by atoms with Crippen LogP contribution in [0, 0.1) is 0 Å². The van der Waals surface area contributed by atoms with Gasteiger partial charge in [0.2, 0.25) is 4.84 Å². The SMILES string of the molecule is O=C(Oc1ccccc1-c1ccccc1)C(Cl)Cl.